The Hall–Kier alpha value is -2.29. The molecule has 6 nitrogen and oxygen atoms in total. The van der Waals surface area contributed by atoms with Crippen molar-refractivity contribution in [1.82, 2.24) is 4.57 Å². The summed E-state index contributed by atoms with van der Waals surface area (Å²) in [4.78, 5) is 23.4. The van der Waals surface area contributed by atoms with Gasteiger partial charge in [0.15, 0.2) is 9.35 Å². The summed E-state index contributed by atoms with van der Waals surface area (Å²) >= 11 is 2.05. The second-order valence-electron chi connectivity index (χ2n) is 4.98. The van der Waals surface area contributed by atoms with Crippen molar-refractivity contribution in [2.75, 3.05) is 6.61 Å². The highest BCUT2D eigenvalue weighted by Crippen LogP contribution is 2.12. The number of carbonyl (C=O) groups is 1. The van der Waals surface area contributed by atoms with Crippen molar-refractivity contribution < 1.29 is 18.4 Å². The first-order chi connectivity index (χ1) is 11.6. The Labute approximate surface area is 150 Å². The van der Waals surface area contributed by atoms with Gasteiger partial charge in [-0.2, -0.15) is 0 Å². The molecule has 0 aliphatic carbocycles. The number of furan rings is 1. The molecule has 1 aromatic carbocycles. The molecule has 0 aliphatic heterocycles. The summed E-state index contributed by atoms with van der Waals surface area (Å²) in [6.07, 6.45) is 3.38. The number of hydrogen-bond acceptors (Lipinski definition) is 5. The van der Waals surface area contributed by atoms with Crippen LogP contribution in [0.5, 0.6) is 0 Å². The van der Waals surface area contributed by atoms with Gasteiger partial charge in [0.2, 0.25) is 0 Å². The highest BCUT2D eigenvalue weighted by Gasteiger charge is 2.08. The molecule has 0 saturated heterocycles. The minimum absolute atomic E-state index is 0.213. The first-order valence-electron chi connectivity index (χ1n) is 7.32. The van der Waals surface area contributed by atoms with Gasteiger partial charge in [-0.25, -0.2) is 9.59 Å². The van der Waals surface area contributed by atoms with E-state index in [4.69, 9.17) is 13.6 Å². The second-order valence-corrected chi connectivity index (χ2v) is 6.05. The molecule has 24 heavy (non-hydrogen) atoms. The molecule has 2 heterocycles. The zero-order chi connectivity index (χ0) is 16.9. The van der Waals surface area contributed by atoms with Gasteiger partial charge in [-0.1, -0.05) is 12.1 Å². The molecule has 0 saturated carbocycles. The van der Waals surface area contributed by atoms with Crippen molar-refractivity contribution in [3.05, 3.63) is 62.6 Å². The van der Waals surface area contributed by atoms with Crippen molar-refractivity contribution >= 4 is 45.7 Å². The normalized spacial score (nSPS) is 11.4. The fourth-order valence-corrected chi connectivity index (χ4v) is 2.67. The molecule has 0 N–H and O–H groups in total. The minimum atomic E-state index is -0.453. The van der Waals surface area contributed by atoms with Crippen LogP contribution in [-0.2, 0) is 16.1 Å². The summed E-state index contributed by atoms with van der Waals surface area (Å²) in [5, 5.41) is 0. The molecule has 0 unspecified atom stereocenters. The van der Waals surface area contributed by atoms with Crippen LogP contribution < -0.4 is 5.76 Å². The van der Waals surface area contributed by atoms with E-state index in [0.717, 1.165) is 9.28 Å². The minimum Gasteiger partial charge on any atom is -0.462 e. The van der Waals surface area contributed by atoms with Crippen molar-refractivity contribution in [2.24, 2.45) is 0 Å². The van der Waals surface area contributed by atoms with E-state index < -0.39 is 11.7 Å². The molecule has 0 fully saturated rings. The lowest BCUT2D eigenvalue weighted by Crippen LogP contribution is -2.15. The number of oxazole rings is 1. The number of hydrogen-bond donors (Lipinski definition) is 0. The standard InChI is InChI=1S/C17H14INO5/c18-15-8-6-12(23-15)7-9-16(20)22-11-3-10-19-13-4-1-2-5-14(13)24-17(19)21/h1-2,4-9H,3,10-11H2/b9-7+. The Morgan fingerprint density at radius 3 is 2.83 bits per heavy atom. The maximum Gasteiger partial charge on any atom is 0.419 e. The Morgan fingerprint density at radius 1 is 1.21 bits per heavy atom. The first-order valence-corrected chi connectivity index (χ1v) is 8.40. The number of benzene rings is 1. The van der Waals surface area contributed by atoms with E-state index in [9.17, 15) is 9.59 Å². The third kappa shape index (κ3) is 3.97. The number of carbonyl (C=O) groups excluding carboxylic acids is 1. The van der Waals surface area contributed by atoms with E-state index in [1.165, 1.54) is 10.6 Å². The molecule has 3 rings (SSSR count). The summed E-state index contributed by atoms with van der Waals surface area (Å²) in [5.41, 5.74) is 1.29. The Balaban J connectivity index is 1.50. The number of nitrogens with zero attached hydrogens (tertiary/aromatic N) is 1. The Morgan fingerprint density at radius 2 is 2.04 bits per heavy atom. The summed E-state index contributed by atoms with van der Waals surface area (Å²) in [6.45, 7) is 0.633. The third-order valence-electron chi connectivity index (χ3n) is 3.32. The lowest BCUT2D eigenvalue weighted by atomic mass is 10.3. The molecule has 0 radical (unpaired) electrons. The van der Waals surface area contributed by atoms with E-state index in [2.05, 4.69) is 0 Å². The number of ether oxygens (including phenoxy) is 1. The predicted octanol–water partition coefficient (Wildman–Crippen LogP) is 3.44. The fraction of sp³-hybridized carbons (Fsp3) is 0.176. The van der Waals surface area contributed by atoms with Crippen molar-refractivity contribution in [1.29, 1.82) is 0 Å². The summed E-state index contributed by atoms with van der Waals surface area (Å²) in [5.74, 6) is -0.270. The first kappa shape index (κ1) is 16.6. The molecule has 0 amide bonds. The van der Waals surface area contributed by atoms with Crippen LogP contribution in [0.15, 0.2) is 56.1 Å². The lowest BCUT2D eigenvalue weighted by molar-refractivity contribution is -0.137. The summed E-state index contributed by atoms with van der Waals surface area (Å²) < 4.78 is 17.8. The Kier molecular flexibility index (Phi) is 5.19. The van der Waals surface area contributed by atoms with Crippen LogP contribution in [0.2, 0.25) is 0 Å². The molecule has 0 aliphatic rings. The van der Waals surface area contributed by atoms with Crippen LogP contribution in [0, 0.1) is 3.77 Å². The number of rotatable bonds is 6. The van der Waals surface area contributed by atoms with Gasteiger partial charge in [0.1, 0.15) is 5.76 Å². The number of aromatic nitrogens is 1. The zero-order valence-corrected chi connectivity index (χ0v) is 14.8. The molecule has 7 heteroatoms. The van der Waals surface area contributed by atoms with E-state index in [1.807, 2.05) is 40.8 Å². The monoisotopic (exact) mass is 439 g/mol. The topological polar surface area (TPSA) is 74.6 Å². The number of halogens is 1. The number of para-hydroxylation sites is 2. The van der Waals surface area contributed by atoms with Crippen molar-refractivity contribution in [2.45, 2.75) is 13.0 Å². The van der Waals surface area contributed by atoms with Gasteiger partial charge < -0.3 is 13.6 Å². The van der Waals surface area contributed by atoms with Crippen molar-refractivity contribution in [3.8, 4) is 0 Å². The summed E-state index contributed by atoms with van der Waals surface area (Å²) in [6, 6.07) is 10.8. The fourth-order valence-electron chi connectivity index (χ4n) is 2.24. The van der Waals surface area contributed by atoms with Gasteiger partial charge in [-0.15, -0.1) is 0 Å². The number of aryl methyl sites for hydroxylation is 1. The van der Waals surface area contributed by atoms with Gasteiger partial charge in [0.25, 0.3) is 0 Å². The van der Waals surface area contributed by atoms with Gasteiger partial charge >= 0.3 is 11.7 Å². The molecular formula is C17H14INO5. The smallest absolute Gasteiger partial charge is 0.419 e. The number of fused-ring (bicyclic) bond motifs is 1. The maximum absolute atomic E-state index is 11.8. The van der Waals surface area contributed by atoms with Gasteiger partial charge in [0.05, 0.1) is 12.1 Å². The average Bonchev–Trinajstić information content (AvgIpc) is 3.12. The van der Waals surface area contributed by atoms with Crippen LogP contribution in [0.25, 0.3) is 17.2 Å². The molecule has 2 aromatic heterocycles. The largest absolute Gasteiger partial charge is 0.462 e. The predicted molar refractivity (Wildman–Crippen MR) is 96.5 cm³/mol. The van der Waals surface area contributed by atoms with Gasteiger partial charge in [-0.05, 0) is 59.4 Å². The molecule has 3 aromatic rings. The highest BCUT2D eigenvalue weighted by molar-refractivity contribution is 14.1. The quantitative estimate of drug-likeness (QED) is 0.255. The van der Waals surface area contributed by atoms with Crippen LogP contribution in [0.4, 0.5) is 0 Å². The average molecular weight is 439 g/mol. The molecule has 0 atom stereocenters. The van der Waals surface area contributed by atoms with E-state index in [1.54, 1.807) is 24.3 Å². The van der Waals surface area contributed by atoms with E-state index in [-0.39, 0.29) is 6.61 Å². The lowest BCUT2D eigenvalue weighted by Gasteiger charge is -2.03. The maximum atomic E-state index is 11.8. The Bertz CT molecular complexity index is 934. The van der Waals surface area contributed by atoms with Crippen LogP contribution in [-0.4, -0.2) is 17.1 Å². The second kappa shape index (κ2) is 7.52. The van der Waals surface area contributed by atoms with Crippen LogP contribution in [0.3, 0.4) is 0 Å². The van der Waals surface area contributed by atoms with E-state index in [0.29, 0.717) is 24.3 Å². The van der Waals surface area contributed by atoms with Gasteiger partial charge in [-0.3, -0.25) is 4.57 Å². The molecule has 124 valence electrons. The van der Waals surface area contributed by atoms with Gasteiger partial charge in [0, 0.05) is 12.6 Å². The molecular weight excluding hydrogens is 425 g/mol. The zero-order valence-electron chi connectivity index (χ0n) is 12.6. The highest BCUT2D eigenvalue weighted by atomic mass is 127. The summed E-state index contributed by atoms with van der Waals surface area (Å²) in [7, 11) is 0. The molecule has 0 spiro atoms. The van der Waals surface area contributed by atoms with E-state index >= 15 is 0 Å². The SMILES string of the molecule is O=C(/C=C/c1ccc(I)o1)OCCCn1c(=O)oc2ccccc21. The van der Waals surface area contributed by atoms with Crippen LogP contribution >= 0.6 is 22.6 Å². The molecule has 0 bridgehead atoms. The van der Waals surface area contributed by atoms with Crippen LogP contribution in [0.1, 0.15) is 12.2 Å². The number of esters is 1. The third-order valence-corrected chi connectivity index (χ3v) is 3.90. The van der Waals surface area contributed by atoms with Crippen molar-refractivity contribution in [3.63, 3.8) is 0 Å².